The summed E-state index contributed by atoms with van der Waals surface area (Å²) < 4.78 is 13.4. The number of benzene rings is 1. The van der Waals surface area contributed by atoms with Crippen LogP contribution in [0.2, 0.25) is 5.02 Å². The number of hydrogen-bond acceptors (Lipinski definition) is 2. The summed E-state index contributed by atoms with van der Waals surface area (Å²) in [5.41, 5.74) is 2.10. The average Bonchev–Trinajstić information content (AvgIpc) is 2.43. The molecule has 1 aliphatic rings. The van der Waals surface area contributed by atoms with Crippen LogP contribution in [0.4, 0.5) is 4.39 Å². The second-order valence-corrected chi connectivity index (χ2v) is 5.93. The predicted molar refractivity (Wildman–Crippen MR) is 68.6 cm³/mol. The molecule has 1 aliphatic heterocycles. The minimum Gasteiger partial charge on any atom is -0.313 e. The van der Waals surface area contributed by atoms with E-state index >= 15 is 0 Å². The smallest absolute Gasteiger partial charge is 0.142 e. The highest BCUT2D eigenvalue weighted by molar-refractivity contribution is 7.99. The quantitative estimate of drug-likeness (QED) is 0.824. The molecule has 16 heavy (non-hydrogen) atoms. The SMILES string of the molecule is CNC1CC(C)SCc2c1ccc(F)c2Cl. The van der Waals surface area contributed by atoms with Crippen LogP contribution < -0.4 is 5.32 Å². The Kier molecular flexibility index (Phi) is 3.77. The molecule has 88 valence electrons. The highest BCUT2D eigenvalue weighted by Gasteiger charge is 2.24. The molecule has 0 spiro atoms. The number of nitrogens with one attached hydrogen (secondary N) is 1. The summed E-state index contributed by atoms with van der Waals surface area (Å²) in [6.45, 7) is 2.20. The maximum Gasteiger partial charge on any atom is 0.142 e. The van der Waals surface area contributed by atoms with Crippen molar-refractivity contribution in [3.05, 3.63) is 34.1 Å². The summed E-state index contributed by atoms with van der Waals surface area (Å²) in [7, 11) is 1.94. The third-order valence-corrected chi connectivity index (χ3v) is 4.66. The summed E-state index contributed by atoms with van der Waals surface area (Å²) in [5.74, 6) is 0.482. The van der Waals surface area contributed by atoms with Gasteiger partial charge in [0.25, 0.3) is 0 Å². The van der Waals surface area contributed by atoms with E-state index in [-0.39, 0.29) is 11.9 Å². The van der Waals surface area contributed by atoms with Crippen molar-refractivity contribution in [1.29, 1.82) is 0 Å². The van der Waals surface area contributed by atoms with Gasteiger partial charge in [-0.25, -0.2) is 4.39 Å². The van der Waals surface area contributed by atoms with Crippen LogP contribution in [0.5, 0.6) is 0 Å². The Morgan fingerprint density at radius 1 is 1.50 bits per heavy atom. The van der Waals surface area contributed by atoms with Gasteiger partial charge in [0.1, 0.15) is 5.82 Å². The lowest BCUT2D eigenvalue weighted by Gasteiger charge is -2.18. The van der Waals surface area contributed by atoms with Crippen molar-refractivity contribution in [1.82, 2.24) is 5.32 Å². The third-order valence-electron chi connectivity index (χ3n) is 3.04. The Balaban J connectivity index is 2.48. The number of halogens is 2. The fraction of sp³-hybridized carbons (Fsp3) is 0.500. The normalized spacial score (nSPS) is 25.0. The molecule has 0 radical (unpaired) electrons. The standard InChI is InChI=1S/C12H15ClFNS/c1-7-5-11(15-2)8-3-4-10(14)12(13)9(8)6-16-7/h3-4,7,11,15H,5-6H2,1-2H3. The Morgan fingerprint density at radius 2 is 2.25 bits per heavy atom. The zero-order valence-electron chi connectivity index (χ0n) is 9.39. The van der Waals surface area contributed by atoms with Crippen molar-refractivity contribution in [3.8, 4) is 0 Å². The molecule has 0 aliphatic carbocycles. The first-order valence-corrected chi connectivity index (χ1v) is 6.81. The average molecular weight is 260 g/mol. The first kappa shape index (κ1) is 12.2. The molecule has 1 N–H and O–H groups in total. The van der Waals surface area contributed by atoms with Crippen LogP contribution in [-0.2, 0) is 5.75 Å². The molecule has 1 heterocycles. The summed E-state index contributed by atoms with van der Waals surface area (Å²) in [4.78, 5) is 0. The molecule has 1 nitrogen and oxygen atoms in total. The number of hydrogen-bond donors (Lipinski definition) is 1. The van der Waals surface area contributed by atoms with Crippen LogP contribution in [0.15, 0.2) is 12.1 Å². The van der Waals surface area contributed by atoms with Gasteiger partial charge >= 0.3 is 0 Å². The van der Waals surface area contributed by atoms with Crippen LogP contribution >= 0.6 is 23.4 Å². The second-order valence-electron chi connectivity index (χ2n) is 4.13. The molecule has 4 heteroatoms. The van der Waals surface area contributed by atoms with Crippen LogP contribution in [0.1, 0.15) is 30.5 Å². The summed E-state index contributed by atoms with van der Waals surface area (Å²) >= 11 is 7.87. The second kappa shape index (κ2) is 4.94. The van der Waals surface area contributed by atoms with E-state index in [4.69, 9.17) is 11.6 Å². The fourth-order valence-electron chi connectivity index (χ4n) is 2.11. The summed E-state index contributed by atoms with van der Waals surface area (Å²) in [6, 6.07) is 3.60. The van der Waals surface area contributed by atoms with E-state index in [2.05, 4.69) is 12.2 Å². The highest BCUT2D eigenvalue weighted by Crippen LogP contribution is 2.38. The van der Waals surface area contributed by atoms with E-state index in [0.29, 0.717) is 10.3 Å². The molecule has 2 atom stereocenters. The van der Waals surface area contributed by atoms with Crippen LogP contribution in [0.3, 0.4) is 0 Å². The first-order chi connectivity index (χ1) is 7.63. The van der Waals surface area contributed by atoms with Gasteiger partial charge in [-0.15, -0.1) is 0 Å². The van der Waals surface area contributed by atoms with Crippen molar-refractivity contribution >= 4 is 23.4 Å². The number of fused-ring (bicyclic) bond motifs is 1. The molecule has 0 amide bonds. The van der Waals surface area contributed by atoms with E-state index in [9.17, 15) is 4.39 Å². The van der Waals surface area contributed by atoms with Gasteiger partial charge in [-0.05, 0) is 30.7 Å². The minimum atomic E-state index is -0.314. The molecule has 0 aromatic heterocycles. The highest BCUT2D eigenvalue weighted by atomic mass is 35.5. The van der Waals surface area contributed by atoms with Crippen molar-refractivity contribution < 1.29 is 4.39 Å². The molecule has 0 saturated carbocycles. The molecule has 0 bridgehead atoms. The van der Waals surface area contributed by atoms with Crippen LogP contribution in [-0.4, -0.2) is 12.3 Å². The molecule has 1 aromatic carbocycles. The molecule has 0 saturated heterocycles. The topological polar surface area (TPSA) is 12.0 Å². The zero-order valence-corrected chi connectivity index (χ0v) is 11.0. The van der Waals surface area contributed by atoms with Gasteiger partial charge in [-0.1, -0.05) is 24.6 Å². The lowest BCUT2D eigenvalue weighted by Crippen LogP contribution is -2.19. The Morgan fingerprint density at radius 3 is 2.94 bits per heavy atom. The minimum absolute atomic E-state index is 0.276. The summed E-state index contributed by atoms with van der Waals surface area (Å²) in [6.07, 6.45) is 1.05. The Labute approximate surface area is 105 Å². The van der Waals surface area contributed by atoms with E-state index in [0.717, 1.165) is 23.3 Å². The van der Waals surface area contributed by atoms with E-state index in [1.165, 1.54) is 6.07 Å². The maximum absolute atomic E-state index is 13.4. The molecule has 2 rings (SSSR count). The van der Waals surface area contributed by atoms with Gasteiger partial charge in [0, 0.05) is 17.0 Å². The monoisotopic (exact) mass is 259 g/mol. The van der Waals surface area contributed by atoms with E-state index in [1.54, 1.807) is 0 Å². The van der Waals surface area contributed by atoms with Crippen LogP contribution in [0, 0.1) is 5.82 Å². The lowest BCUT2D eigenvalue weighted by molar-refractivity contribution is 0.547. The lowest BCUT2D eigenvalue weighted by atomic mass is 9.98. The largest absolute Gasteiger partial charge is 0.313 e. The van der Waals surface area contributed by atoms with Crippen molar-refractivity contribution in [2.45, 2.75) is 30.4 Å². The van der Waals surface area contributed by atoms with Gasteiger partial charge in [0.15, 0.2) is 0 Å². The fourth-order valence-corrected chi connectivity index (χ4v) is 3.52. The molecule has 2 unspecified atom stereocenters. The Hall–Kier alpha value is -0.250. The van der Waals surface area contributed by atoms with Gasteiger partial charge in [0.05, 0.1) is 5.02 Å². The van der Waals surface area contributed by atoms with E-state index < -0.39 is 0 Å². The predicted octanol–water partition coefficient (Wildman–Crippen LogP) is 3.77. The molecule has 1 aromatic rings. The summed E-state index contributed by atoms with van der Waals surface area (Å²) in [5, 5.41) is 4.13. The number of rotatable bonds is 1. The van der Waals surface area contributed by atoms with Gasteiger partial charge in [0.2, 0.25) is 0 Å². The van der Waals surface area contributed by atoms with Gasteiger partial charge < -0.3 is 5.32 Å². The van der Waals surface area contributed by atoms with Crippen molar-refractivity contribution in [2.75, 3.05) is 7.05 Å². The number of thioether (sulfide) groups is 1. The van der Waals surface area contributed by atoms with Crippen molar-refractivity contribution in [3.63, 3.8) is 0 Å². The molecular weight excluding hydrogens is 245 g/mol. The first-order valence-electron chi connectivity index (χ1n) is 5.39. The Bertz CT molecular complexity index is 397. The zero-order chi connectivity index (χ0) is 11.7. The third kappa shape index (κ3) is 2.22. The van der Waals surface area contributed by atoms with Gasteiger partial charge in [-0.3, -0.25) is 0 Å². The van der Waals surface area contributed by atoms with Crippen LogP contribution in [0.25, 0.3) is 0 Å². The van der Waals surface area contributed by atoms with Gasteiger partial charge in [-0.2, -0.15) is 11.8 Å². The molecule has 0 fully saturated rings. The van der Waals surface area contributed by atoms with Crippen molar-refractivity contribution in [2.24, 2.45) is 0 Å². The molecular formula is C12H15ClFNS. The maximum atomic E-state index is 13.4. The van der Waals surface area contributed by atoms with E-state index in [1.807, 2.05) is 24.9 Å².